The molecule has 2 rings (SSSR count). The fourth-order valence-corrected chi connectivity index (χ4v) is 2.97. The van der Waals surface area contributed by atoms with E-state index in [2.05, 4.69) is 61.0 Å². The summed E-state index contributed by atoms with van der Waals surface area (Å²) >= 11 is 3.72. The van der Waals surface area contributed by atoms with Gasteiger partial charge < -0.3 is 0 Å². The van der Waals surface area contributed by atoms with Crippen molar-refractivity contribution in [3.8, 4) is 11.1 Å². The second-order valence-corrected chi connectivity index (χ2v) is 5.99. The molecule has 0 aliphatic rings. The largest absolute Gasteiger partial charge is 0.161 e. The molecule has 0 radical (unpaired) electrons. The van der Waals surface area contributed by atoms with Crippen LogP contribution in [0.2, 0.25) is 0 Å². The summed E-state index contributed by atoms with van der Waals surface area (Å²) in [7, 11) is 0. The Morgan fingerprint density at radius 2 is 0.818 bits per heavy atom. The van der Waals surface area contributed by atoms with Crippen LogP contribution < -0.4 is 0 Å². The Morgan fingerprint density at radius 3 is 1.05 bits per heavy atom. The second-order valence-electron chi connectivity index (χ2n) is 4.26. The third-order valence-corrected chi connectivity index (χ3v) is 4.11. The fraction of sp³-hybridized carbons (Fsp3) is 0.400. The van der Waals surface area contributed by atoms with Gasteiger partial charge in [-0.05, 0) is 34.8 Å². The van der Waals surface area contributed by atoms with Crippen LogP contribution >= 0.6 is 23.5 Å². The summed E-state index contributed by atoms with van der Waals surface area (Å²) in [5, 5.41) is 0. The Labute approximate surface area is 146 Å². The Hall–Kier alpha value is -0.860. The molecule has 0 fully saturated rings. The summed E-state index contributed by atoms with van der Waals surface area (Å²) in [6.45, 7) is 8.00. The molecule has 0 amide bonds. The molecule has 0 unspecified atom stereocenters. The van der Waals surface area contributed by atoms with Crippen molar-refractivity contribution in [2.75, 3.05) is 12.5 Å². The van der Waals surface area contributed by atoms with Crippen molar-refractivity contribution in [3.05, 3.63) is 59.7 Å². The zero-order chi connectivity index (χ0) is 16.8. The van der Waals surface area contributed by atoms with Crippen LogP contribution in [-0.2, 0) is 11.5 Å². The Balaban J connectivity index is 0.00000102. The van der Waals surface area contributed by atoms with E-state index >= 15 is 0 Å². The molecule has 0 spiro atoms. The minimum absolute atomic E-state index is 1.09. The van der Waals surface area contributed by atoms with Gasteiger partial charge in [0.15, 0.2) is 0 Å². The summed E-state index contributed by atoms with van der Waals surface area (Å²) in [6.07, 6.45) is 4.27. The number of thioether (sulfide) groups is 2. The number of benzene rings is 2. The van der Waals surface area contributed by atoms with Gasteiger partial charge in [0.05, 0.1) is 0 Å². The molecule has 22 heavy (non-hydrogen) atoms. The lowest BCUT2D eigenvalue weighted by Gasteiger charge is -2.05. The van der Waals surface area contributed by atoms with Gasteiger partial charge in [-0.3, -0.25) is 0 Å². The zero-order valence-corrected chi connectivity index (χ0v) is 16.5. The Bertz CT molecular complexity index is 425. The predicted molar refractivity (Wildman–Crippen MR) is 109 cm³/mol. The fourth-order valence-electron chi connectivity index (χ4n) is 1.92. The first-order valence-electron chi connectivity index (χ1n) is 7.99. The van der Waals surface area contributed by atoms with E-state index in [1.165, 1.54) is 22.3 Å². The average Bonchev–Trinajstić information content (AvgIpc) is 2.61. The van der Waals surface area contributed by atoms with Gasteiger partial charge in [-0.2, -0.15) is 23.5 Å². The molecule has 0 nitrogen and oxygen atoms in total. The van der Waals surface area contributed by atoms with E-state index in [0.29, 0.717) is 0 Å². The SMILES string of the molecule is CC.CC.CSCc1ccc(-c2ccc(CSC)cc2)cc1. The molecule has 0 bridgehead atoms. The Kier molecular flexibility index (Phi) is 13.2. The summed E-state index contributed by atoms with van der Waals surface area (Å²) in [6, 6.07) is 17.8. The van der Waals surface area contributed by atoms with E-state index in [1.807, 2.05) is 51.2 Å². The normalized spacial score (nSPS) is 9.18. The lowest BCUT2D eigenvalue weighted by Crippen LogP contribution is -1.83. The van der Waals surface area contributed by atoms with Crippen LogP contribution in [0, 0.1) is 0 Å². The summed E-state index contributed by atoms with van der Waals surface area (Å²) in [5.41, 5.74) is 5.39. The smallest absolute Gasteiger partial charge is 0.0181 e. The van der Waals surface area contributed by atoms with E-state index in [4.69, 9.17) is 0 Å². The van der Waals surface area contributed by atoms with Gasteiger partial charge in [0.2, 0.25) is 0 Å². The second kappa shape index (κ2) is 13.8. The number of hydrogen-bond acceptors (Lipinski definition) is 2. The molecule has 2 aromatic rings. The quantitative estimate of drug-likeness (QED) is 0.570. The molecule has 0 aliphatic heterocycles. The van der Waals surface area contributed by atoms with Gasteiger partial charge in [-0.15, -0.1) is 0 Å². The molecule has 0 aromatic heterocycles. The minimum atomic E-state index is 1.09. The first-order valence-corrected chi connectivity index (χ1v) is 10.8. The monoisotopic (exact) mass is 334 g/mol. The molecular weight excluding hydrogens is 304 g/mol. The van der Waals surface area contributed by atoms with Gasteiger partial charge in [-0.25, -0.2) is 0 Å². The molecular formula is C20H30S2. The van der Waals surface area contributed by atoms with Gasteiger partial charge in [0, 0.05) is 11.5 Å². The lowest BCUT2D eigenvalue weighted by atomic mass is 10.0. The maximum absolute atomic E-state index is 2.22. The molecule has 0 heterocycles. The van der Waals surface area contributed by atoms with Crippen LogP contribution in [0.15, 0.2) is 48.5 Å². The van der Waals surface area contributed by atoms with Crippen molar-refractivity contribution in [2.45, 2.75) is 39.2 Å². The van der Waals surface area contributed by atoms with Crippen LogP contribution in [0.5, 0.6) is 0 Å². The maximum Gasteiger partial charge on any atom is 0.0181 e. The third-order valence-electron chi connectivity index (χ3n) is 2.86. The van der Waals surface area contributed by atoms with Crippen molar-refractivity contribution >= 4 is 23.5 Å². The van der Waals surface area contributed by atoms with Crippen LogP contribution in [0.1, 0.15) is 38.8 Å². The molecule has 122 valence electrons. The van der Waals surface area contributed by atoms with Gasteiger partial charge in [-0.1, -0.05) is 76.2 Å². The molecule has 0 atom stereocenters. The van der Waals surface area contributed by atoms with Crippen LogP contribution in [0.3, 0.4) is 0 Å². The first kappa shape index (κ1) is 21.1. The van der Waals surface area contributed by atoms with E-state index in [9.17, 15) is 0 Å². The zero-order valence-electron chi connectivity index (χ0n) is 14.8. The van der Waals surface area contributed by atoms with E-state index < -0.39 is 0 Å². The van der Waals surface area contributed by atoms with E-state index in [0.717, 1.165) is 11.5 Å². The van der Waals surface area contributed by atoms with E-state index in [-0.39, 0.29) is 0 Å². The molecule has 0 aliphatic carbocycles. The van der Waals surface area contributed by atoms with Crippen molar-refractivity contribution in [1.29, 1.82) is 0 Å². The van der Waals surface area contributed by atoms with Crippen molar-refractivity contribution in [1.82, 2.24) is 0 Å². The summed E-state index contributed by atoms with van der Waals surface area (Å²) < 4.78 is 0. The van der Waals surface area contributed by atoms with Crippen LogP contribution in [0.4, 0.5) is 0 Å². The third kappa shape index (κ3) is 7.42. The highest BCUT2D eigenvalue weighted by molar-refractivity contribution is 7.98. The molecule has 2 heteroatoms. The van der Waals surface area contributed by atoms with Crippen molar-refractivity contribution in [3.63, 3.8) is 0 Å². The molecule has 0 N–H and O–H groups in total. The van der Waals surface area contributed by atoms with Gasteiger partial charge in [0.1, 0.15) is 0 Å². The van der Waals surface area contributed by atoms with Crippen LogP contribution in [0.25, 0.3) is 11.1 Å². The lowest BCUT2D eigenvalue weighted by molar-refractivity contribution is 1.40. The highest BCUT2D eigenvalue weighted by atomic mass is 32.2. The average molecular weight is 335 g/mol. The topological polar surface area (TPSA) is 0 Å². The molecule has 2 aromatic carbocycles. The summed E-state index contributed by atoms with van der Waals surface area (Å²) in [4.78, 5) is 0. The molecule has 0 saturated carbocycles. The maximum atomic E-state index is 2.22. The molecule has 0 saturated heterocycles. The van der Waals surface area contributed by atoms with Crippen LogP contribution in [-0.4, -0.2) is 12.5 Å². The van der Waals surface area contributed by atoms with E-state index in [1.54, 1.807) is 0 Å². The number of hydrogen-bond donors (Lipinski definition) is 0. The van der Waals surface area contributed by atoms with Crippen molar-refractivity contribution < 1.29 is 0 Å². The van der Waals surface area contributed by atoms with Gasteiger partial charge >= 0.3 is 0 Å². The predicted octanol–water partition coefficient (Wildman–Crippen LogP) is 7.13. The summed E-state index contributed by atoms with van der Waals surface area (Å²) in [5.74, 6) is 2.18. The minimum Gasteiger partial charge on any atom is -0.161 e. The van der Waals surface area contributed by atoms with Crippen molar-refractivity contribution in [2.24, 2.45) is 0 Å². The number of rotatable bonds is 5. The standard InChI is InChI=1S/C16H18S2.2C2H6/c1-17-11-13-3-7-15(8-4-13)16-9-5-14(6-10-16)12-18-2;2*1-2/h3-10H,11-12H2,1-2H3;2*1-2H3. The van der Waals surface area contributed by atoms with Gasteiger partial charge in [0.25, 0.3) is 0 Å². The highest BCUT2D eigenvalue weighted by Gasteiger charge is 1.99. The Morgan fingerprint density at radius 1 is 0.545 bits per heavy atom. The highest BCUT2D eigenvalue weighted by Crippen LogP contribution is 2.22. The first-order chi connectivity index (χ1) is 10.8.